The lowest BCUT2D eigenvalue weighted by molar-refractivity contribution is 0.332. The minimum absolute atomic E-state index is 0.256. The predicted molar refractivity (Wildman–Crippen MR) is 63.6 cm³/mol. The van der Waals surface area contributed by atoms with Crippen molar-refractivity contribution in [1.29, 1.82) is 0 Å². The van der Waals surface area contributed by atoms with E-state index in [1.165, 1.54) is 6.07 Å². The molecular weight excluding hydrogens is 221 g/mol. The molecule has 17 heavy (non-hydrogen) atoms. The lowest BCUT2D eigenvalue weighted by atomic mass is 10.3. The molecule has 90 valence electrons. The number of ether oxygens (including phenoxy) is 1. The molecule has 1 heterocycles. The number of para-hydroxylation sites is 1. The van der Waals surface area contributed by atoms with E-state index in [4.69, 9.17) is 4.74 Å². The second kappa shape index (κ2) is 5.34. The molecule has 0 spiro atoms. The van der Waals surface area contributed by atoms with Gasteiger partial charge in [-0.15, -0.1) is 0 Å². The van der Waals surface area contributed by atoms with Gasteiger partial charge in [0.05, 0.1) is 18.1 Å². The van der Waals surface area contributed by atoms with E-state index in [-0.39, 0.29) is 5.82 Å². The zero-order chi connectivity index (χ0) is 12.1. The van der Waals surface area contributed by atoms with Crippen LogP contribution in [0.15, 0.2) is 36.7 Å². The molecule has 0 saturated heterocycles. The number of aryl methyl sites for hydroxylation is 1. The van der Waals surface area contributed by atoms with Gasteiger partial charge in [-0.3, -0.25) is 4.68 Å². The summed E-state index contributed by atoms with van der Waals surface area (Å²) in [7, 11) is 1.82. The van der Waals surface area contributed by atoms with Crippen molar-refractivity contribution in [2.45, 2.75) is 0 Å². The van der Waals surface area contributed by atoms with Crippen molar-refractivity contribution < 1.29 is 9.13 Å². The molecule has 0 fully saturated rings. The number of nitrogens with one attached hydrogen (secondary N) is 1. The highest BCUT2D eigenvalue weighted by Gasteiger charge is 1.99. The molecule has 0 aliphatic carbocycles. The summed E-state index contributed by atoms with van der Waals surface area (Å²) >= 11 is 0. The van der Waals surface area contributed by atoms with Gasteiger partial charge in [0.1, 0.15) is 12.4 Å². The number of nitrogens with zero attached hydrogens (tertiary/aromatic N) is 2. The lowest BCUT2D eigenvalue weighted by Gasteiger charge is -2.07. The number of hydrogen-bond acceptors (Lipinski definition) is 3. The van der Waals surface area contributed by atoms with Crippen LogP contribution in [0.3, 0.4) is 0 Å². The van der Waals surface area contributed by atoms with Crippen molar-refractivity contribution in [3.8, 4) is 5.75 Å². The largest absolute Gasteiger partial charge is 0.488 e. The van der Waals surface area contributed by atoms with Crippen LogP contribution in [0, 0.1) is 5.82 Å². The Bertz CT molecular complexity index is 484. The quantitative estimate of drug-likeness (QED) is 0.806. The summed E-state index contributed by atoms with van der Waals surface area (Å²) in [6.07, 6.45) is 3.42. The van der Waals surface area contributed by atoms with Crippen LogP contribution in [0.1, 0.15) is 0 Å². The third-order valence-electron chi connectivity index (χ3n) is 2.24. The maximum Gasteiger partial charge on any atom is 0.157 e. The van der Waals surface area contributed by atoms with Gasteiger partial charge in [0.25, 0.3) is 0 Å². The number of benzene rings is 1. The zero-order valence-corrected chi connectivity index (χ0v) is 9.56. The Morgan fingerprint density at radius 3 is 2.94 bits per heavy atom. The number of halogens is 1. The van der Waals surface area contributed by atoms with E-state index in [0.29, 0.717) is 24.6 Å². The molecule has 0 bridgehead atoms. The third kappa shape index (κ3) is 3.21. The smallest absolute Gasteiger partial charge is 0.157 e. The first kappa shape index (κ1) is 11.4. The molecule has 5 heteroatoms. The van der Waals surface area contributed by atoms with Crippen LogP contribution < -0.4 is 10.1 Å². The van der Waals surface area contributed by atoms with E-state index < -0.39 is 0 Å². The van der Waals surface area contributed by atoms with Crippen molar-refractivity contribution in [3.63, 3.8) is 0 Å². The summed E-state index contributed by atoms with van der Waals surface area (Å²) in [5, 5.41) is 6.94. The fourth-order valence-corrected chi connectivity index (χ4v) is 1.43. The van der Waals surface area contributed by atoms with Crippen LogP contribution in [0.5, 0.6) is 5.75 Å². The van der Waals surface area contributed by atoms with Crippen LogP contribution in [0.25, 0.3) is 0 Å². The molecule has 0 radical (unpaired) electrons. The molecule has 4 nitrogen and oxygen atoms in total. The van der Waals surface area contributed by atoms with Gasteiger partial charge in [0.2, 0.25) is 0 Å². The van der Waals surface area contributed by atoms with E-state index in [0.717, 1.165) is 0 Å². The van der Waals surface area contributed by atoms with Gasteiger partial charge in [-0.1, -0.05) is 12.1 Å². The minimum Gasteiger partial charge on any atom is -0.488 e. The van der Waals surface area contributed by atoms with Gasteiger partial charge >= 0.3 is 0 Å². The van der Waals surface area contributed by atoms with Crippen LogP contribution in [0.4, 0.5) is 10.1 Å². The molecule has 2 rings (SSSR count). The lowest BCUT2D eigenvalue weighted by Crippen LogP contribution is -2.12. The van der Waals surface area contributed by atoms with Gasteiger partial charge in [-0.25, -0.2) is 4.39 Å². The first-order valence-corrected chi connectivity index (χ1v) is 5.35. The Labute approximate surface area is 99.0 Å². The molecule has 0 saturated carbocycles. The highest BCUT2D eigenvalue weighted by atomic mass is 19.1. The van der Waals surface area contributed by atoms with Crippen molar-refractivity contribution in [3.05, 3.63) is 42.5 Å². The summed E-state index contributed by atoms with van der Waals surface area (Å²) in [5.74, 6) is 0.455. The zero-order valence-electron chi connectivity index (χ0n) is 9.56. The van der Waals surface area contributed by atoms with E-state index in [1.807, 2.05) is 7.05 Å². The molecule has 0 unspecified atom stereocenters. The van der Waals surface area contributed by atoms with Gasteiger partial charge in [-0.2, -0.15) is 5.10 Å². The average molecular weight is 235 g/mol. The SMILES string of the molecule is Cn1cc(OCCNc2ccccc2F)cn1. The normalized spacial score (nSPS) is 10.2. The van der Waals surface area contributed by atoms with Gasteiger partial charge < -0.3 is 10.1 Å². The maximum absolute atomic E-state index is 13.2. The Morgan fingerprint density at radius 2 is 2.24 bits per heavy atom. The fourth-order valence-electron chi connectivity index (χ4n) is 1.43. The van der Waals surface area contributed by atoms with Crippen LogP contribution in [-0.2, 0) is 7.05 Å². The molecule has 0 amide bonds. The minimum atomic E-state index is -0.256. The summed E-state index contributed by atoms with van der Waals surface area (Å²) in [6, 6.07) is 6.56. The first-order valence-electron chi connectivity index (χ1n) is 5.35. The first-order chi connectivity index (χ1) is 8.25. The summed E-state index contributed by atoms with van der Waals surface area (Å²) < 4.78 is 20.3. The van der Waals surface area contributed by atoms with Crippen molar-refractivity contribution in [1.82, 2.24) is 9.78 Å². The maximum atomic E-state index is 13.2. The second-order valence-corrected chi connectivity index (χ2v) is 3.60. The van der Waals surface area contributed by atoms with Crippen molar-refractivity contribution in [2.24, 2.45) is 7.05 Å². The number of anilines is 1. The molecule has 1 aromatic heterocycles. The standard InChI is InChI=1S/C12H14FN3O/c1-16-9-10(8-15-16)17-7-6-14-12-5-3-2-4-11(12)13/h2-5,8-9,14H,6-7H2,1H3. The van der Waals surface area contributed by atoms with Crippen LogP contribution >= 0.6 is 0 Å². The number of aromatic nitrogens is 2. The predicted octanol–water partition coefficient (Wildman–Crippen LogP) is 2.05. The fraction of sp³-hybridized carbons (Fsp3) is 0.250. The molecule has 0 aliphatic heterocycles. The molecule has 1 N–H and O–H groups in total. The van der Waals surface area contributed by atoms with E-state index in [1.54, 1.807) is 35.3 Å². The number of hydrogen-bond donors (Lipinski definition) is 1. The monoisotopic (exact) mass is 235 g/mol. The number of rotatable bonds is 5. The molecule has 0 atom stereocenters. The highest BCUT2D eigenvalue weighted by molar-refractivity contribution is 5.44. The summed E-state index contributed by atoms with van der Waals surface area (Å²) in [6.45, 7) is 0.996. The van der Waals surface area contributed by atoms with Gasteiger partial charge in [0.15, 0.2) is 5.75 Å². The molecular formula is C12H14FN3O. The Kier molecular flexibility index (Phi) is 3.59. The van der Waals surface area contributed by atoms with E-state index in [9.17, 15) is 4.39 Å². The summed E-state index contributed by atoms with van der Waals surface area (Å²) in [4.78, 5) is 0. The molecule has 2 aromatic rings. The molecule has 0 aliphatic rings. The molecule has 1 aromatic carbocycles. The summed E-state index contributed by atoms with van der Waals surface area (Å²) in [5.41, 5.74) is 0.488. The van der Waals surface area contributed by atoms with Crippen molar-refractivity contribution >= 4 is 5.69 Å². The van der Waals surface area contributed by atoms with Crippen molar-refractivity contribution in [2.75, 3.05) is 18.5 Å². The second-order valence-electron chi connectivity index (χ2n) is 3.60. The van der Waals surface area contributed by atoms with Crippen LogP contribution in [0.2, 0.25) is 0 Å². The Hall–Kier alpha value is -2.04. The topological polar surface area (TPSA) is 39.1 Å². The average Bonchev–Trinajstić information content (AvgIpc) is 2.73. The Balaban J connectivity index is 1.75. The van der Waals surface area contributed by atoms with Gasteiger partial charge in [0, 0.05) is 13.6 Å². The van der Waals surface area contributed by atoms with E-state index >= 15 is 0 Å². The van der Waals surface area contributed by atoms with E-state index in [2.05, 4.69) is 10.4 Å². The Morgan fingerprint density at radius 1 is 1.41 bits per heavy atom. The van der Waals surface area contributed by atoms with Crippen LogP contribution in [-0.4, -0.2) is 22.9 Å². The highest BCUT2D eigenvalue weighted by Crippen LogP contribution is 2.12. The van der Waals surface area contributed by atoms with Gasteiger partial charge in [-0.05, 0) is 12.1 Å². The third-order valence-corrected chi connectivity index (χ3v) is 2.24.